The summed E-state index contributed by atoms with van der Waals surface area (Å²) in [6.07, 6.45) is 2.45. The van der Waals surface area contributed by atoms with Gasteiger partial charge in [-0.1, -0.05) is 11.6 Å². The molecule has 0 spiro atoms. The summed E-state index contributed by atoms with van der Waals surface area (Å²) in [6, 6.07) is 8.08. The van der Waals surface area contributed by atoms with Gasteiger partial charge in [-0.15, -0.1) is 0 Å². The van der Waals surface area contributed by atoms with E-state index >= 15 is 0 Å². The first-order chi connectivity index (χ1) is 8.69. The van der Waals surface area contributed by atoms with Crippen molar-refractivity contribution < 1.29 is 4.74 Å². The van der Waals surface area contributed by atoms with Gasteiger partial charge >= 0.3 is 0 Å². The number of hydrogen-bond donors (Lipinski definition) is 1. The lowest BCUT2D eigenvalue weighted by atomic mass is 9.75. The molecule has 1 fully saturated rings. The zero-order valence-corrected chi connectivity index (χ0v) is 11.3. The van der Waals surface area contributed by atoms with Gasteiger partial charge in [0.25, 0.3) is 0 Å². The number of benzene rings is 1. The number of hydrogen-bond acceptors (Lipinski definition) is 3. The molecule has 0 radical (unpaired) electrons. The second-order valence-corrected chi connectivity index (χ2v) is 5.21. The lowest BCUT2D eigenvalue weighted by molar-refractivity contribution is 0.276. The van der Waals surface area contributed by atoms with Crippen molar-refractivity contribution in [3.8, 4) is 11.8 Å². The predicted octanol–water partition coefficient (Wildman–Crippen LogP) is 2.78. The van der Waals surface area contributed by atoms with E-state index in [-0.39, 0.29) is 5.41 Å². The second kappa shape index (κ2) is 5.60. The monoisotopic (exact) mass is 264 g/mol. The van der Waals surface area contributed by atoms with Crippen molar-refractivity contribution in [3.05, 3.63) is 28.8 Å². The number of nitriles is 1. The summed E-state index contributed by atoms with van der Waals surface area (Å²) in [5, 5.41) is 13.5. The molecule has 0 saturated carbocycles. The molecule has 1 aromatic carbocycles. The Kier molecular flexibility index (Phi) is 4.11. The third kappa shape index (κ3) is 2.77. The molecule has 1 heterocycles. The van der Waals surface area contributed by atoms with E-state index in [1.165, 1.54) is 0 Å². The van der Waals surface area contributed by atoms with Gasteiger partial charge in [0, 0.05) is 5.02 Å². The molecule has 1 N–H and O–H groups in total. The van der Waals surface area contributed by atoms with E-state index in [0.29, 0.717) is 11.4 Å². The van der Waals surface area contributed by atoms with Gasteiger partial charge in [0.1, 0.15) is 5.75 Å². The molecule has 2 rings (SSSR count). The summed E-state index contributed by atoms with van der Waals surface area (Å²) in [5.41, 5.74) is 0.733. The van der Waals surface area contributed by atoms with Crippen LogP contribution in [0.15, 0.2) is 18.2 Å². The van der Waals surface area contributed by atoms with Crippen LogP contribution in [0.1, 0.15) is 18.4 Å². The van der Waals surface area contributed by atoms with E-state index < -0.39 is 0 Å². The van der Waals surface area contributed by atoms with Crippen molar-refractivity contribution >= 4 is 11.6 Å². The minimum atomic E-state index is -0.288. The van der Waals surface area contributed by atoms with Crippen LogP contribution in [0.2, 0.25) is 5.02 Å². The van der Waals surface area contributed by atoms with Crippen LogP contribution in [0.4, 0.5) is 0 Å². The molecule has 4 heteroatoms. The van der Waals surface area contributed by atoms with E-state index in [1.54, 1.807) is 7.11 Å². The van der Waals surface area contributed by atoms with Crippen molar-refractivity contribution in [2.45, 2.75) is 19.3 Å². The fourth-order valence-corrected chi connectivity index (χ4v) is 2.68. The van der Waals surface area contributed by atoms with Crippen LogP contribution < -0.4 is 10.1 Å². The molecule has 0 aromatic heterocycles. The minimum absolute atomic E-state index is 0.288. The van der Waals surface area contributed by atoms with Gasteiger partial charge in [-0.2, -0.15) is 5.26 Å². The van der Waals surface area contributed by atoms with Gasteiger partial charge in [-0.25, -0.2) is 0 Å². The molecule has 3 nitrogen and oxygen atoms in total. The number of halogens is 1. The number of ether oxygens (including phenoxy) is 1. The number of nitrogens with one attached hydrogen (secondary N) is 1. The lowest BCUT2D eigenvalue weighted by Gasteiger charge is -2.31. The summed E-state index contributed by atoms with van der Waals surface area (Å²) in [5.74, 6) is 0.813. The smallest absolute Gasteiger partial charge is 0.122 e. The Morgan fingerprint density at radius 1 is 1.44 bits per heavy atom. The Hall–Kier alpha value is -1.24. The van der Waals surface area contributed by atoms with E-state index in [1.807, 2.05) is 18.2 Å². The van der Waals surface area contributed by atoms with Gasteiger partial charge in [0.15, 0.2) is 0 Å². The topological polar surface area (TPSA) is 45.0 Å². The second-order valence-electron chi connectivity index (χ2n) is 4.78. The first-order valence-corrected chi connectivity index (χ1v) is 6.51. The normalized spacial score (nSPS) is 18.1. The van der Waals surface area contributed by atoms with Gasteiger partial charge in [0.2, 0.25) is 0 Å². The van der Waals surface area contributed by atoms with Crippen LogP contribution >= 0.6 is 11.6 Å². The highest BCUT2D eigenvalue weighted by atomic mass is 35.5. The third-order valence-corrected chi connectivity index (χ3v) is 3.80. The average Bonchev–Trinajstić information content (AvgIpc) is 2.40. The van der Waals surface area contributed by atoms with Crippen LogP contribution in [0.5, 0.6) is 5.75 Å². The fourth-order valence-electron chi connectivity index (χ4n) is 2.48. The van der Waals surface area contributed by atoms with Crippen LogP contribution in [0, 0.1) is 16.7 Å². The Bertz CT molecular complexity index is 461. The molecule has 0 aliphatic carbocycles. The van der Waals surface area contributed by atoms with Gasteiger partial charge in [-0.3, -0.25) is 0 Å². The Morgan fingerprint density at radius 2 is 2.17 bits per heavy atom. The van der Waals surface area contributed by atoms with Crippen molar-refractivity contribution in [1.29, 1.82) is 5.26 Å². The highest BCUT2D eigenvalue weighted by molar-refractivity contribution is 6.30. The van der Waals surface area contributed by atoms with Crippen LogP contribution in [-0.4, -0.2) is 20.2 Å². The molecule has 0 atom stereocenters. The van der Waals surface area contributed by atoms with Gasteiger partial charge in [-0.05, 0) is 56.1 Å². The maximum atomic E-state index is 9.48. The van der Waals surface area contributed by atoms with Crippen LogP contribution in [0.25, 0.3) is 0 Å². The van der Waals surface area contributed by atoms with Crippen molar-refractivity contribution in [1.82, 2.24) is 5.32 Å². The number of piperidine rings is 1. The van der Waals surface area contributed by atoms with Gasteiger partial charge in [0.05, 0.1) is 18.6 Å². The first kappa shape index (κ1) is 13.2. The summed E-state index contributed by atoms with van der Waals surface area (Å²) >= 11 is 6.03. The molecule has 0 bridgehead atoms. The molecule has 1 saturated heterocycles. The Labute approximate surface area is 113 Å². The van der Waals surface area contributed by atoms with Crippen molar-refractivity contribution in [3.63, 3.8) is 0 Å². The maximum Gasteiger partial charge on any atom is 0.122 e. The highest BCUT2D eigenvalue weighted by Crippen LogP contribution is 2.35. The highest BCUT2D eigenvalue weighted by Gasteiger charge is 2.33. The largest absolute Gasteiger partial charge is 0.496 e. The number of rotatable bonds is 3. The minimum Gasteiger partial charge on any atom is -0.496 e. The average molecular weight is 265 g/mol. The van der Waals surface area contributed by atoms with Crippen molar-refractivity contribution in [2.24, 2.45) is 5.41 Å². The molecular formula is C14H17ClN2O. The van der Waals surface area contributed by atoms with E-state index in [0.717, 1.165) is 37.2 Å². The standard InChI is InChI=1S/C14H17ClN2O/c1-18-13-3-2-12(15)8-11(13)9-14(10-16)4-6-17-7-5-14/h2-3,8,17H,4-7,9H2,1H3. The summed E-state index contributed by atoms with van der Waals surface area (Å²) < 4.78 is 5.35. The van der Waals surface area contributed by atoms with E-state index in [4.69, 9.17) is 16.3 Å². The quantitative estimate of drug-likeness (QED) is 0.913. The summed E-state index contributed by atoms with van der Waals surface area (Å²) in [4.78, 5) is 0. The zero-order chi connectivity index (χ0) is 13.0. The molecule has 0 amide bonds. The summed E-state index contributed by atoms with van der Waals surface area (Å²) in [6.45, 7) is 1.80. The van der Waals surface area contributed by atoms with E-state index in [9.17, 15) is 5.26 Å². The number of methoxy groups -OCH3 is 1. The predicted molar refractivity (Wildman–Crippen MR) is 71.9 cm³/mol. The molecule has 1 aliphatic rings. The number of nitrogens with zero attached hydrogens (tertiary/aromatic N) is 1. The SMILES string of the molecule is COc1ccc(Cl)cc1CC1(C#N)CCNCC1. The summed E-state index contributed by atoms with van der Waals surface area (Å²) in [7, 11) is 1.65. The third-order valence-electron chi connectivity index (χ3n) is 3.57. The van der Waals surface area contributed by atoms with Crippen LogP contribution in [-0.2, 0) is 6.42 Å². The lowest BCUT2D eigenvalue weighted by Crippen LogP contribution is -2.37. The molecular weight excluding hydrogens is 248 g/mol. The van der Waals surface area contributed by atoms with Gasteiger partial charge < -0.3 is 10.1 Å². The Morgan fingerprint density at radius 3 is 2.78 bits per heavy atom. The van der Waals surface area contributed by atoms with Crippen LogP contribution in [0.3, 0.4) is 0 Å². The van der Waals surface area contributed by atoms with E-state index in [2.05, 4.69) is 11.4 Å². The molecule has 0 unspecified atom stereocenters. The molecule has 18 heavy (non-hydrogen) atoms. The molecule has 1 aliphatic heterocycles. The maximum absolute atomic E-state index is 9.48. The first-order valence-electron chi connectivity index (χ1n) is 6.13. The molecule has 96 valence electrons. The molecule has 1 aromatic rings. The fraction of sp³-hybridized carbons (Fsp3) is 0.500. The zero-order valence-electron chi connectivity index (χ0n) is 10.5. The van der Waals surface area contributed by atoms with Crippen molar-refractivity contribution in [2.75, 3.05) is 20.2 Å². The Balaban J connectivity index is 2.26.